The van der Waals surface area contributed by atoms with Crippen LogP contribution in [0.5, 0.6) is 5.75 Å². The minimum Gasteiger partial charge on any atom is -0.487 e. The second-order valence-corrected chi connectivity index (χ2v) is 8.94. The van der Waals surface area contributed by atoms with Gasteiger partial charge in [-0.2, -0.15) is 0 Å². The van der Waals surface area contributed by atoms with Crippen molar-refractivity contribution in [3.8, 4) is 5.75 Å². The molecule has 0 saturated carbocycles. The highest BCUT2D eigenvalue weighted by atomic mass is 16.5. The fourth-order valence-electron chi connectivity index (χ4n) is 4.83. The molecule has 1 amide bonds. The van der Waals surface area contributed by atoms with Crippen molar-refractivity contribution in [3.63, 3.8) is 0 Å². The van der Waals surface area contributed by atoms with E-state index < -0.39 is 0 Å². The molecule has 3 aliphatic heterocycles. The maximum Gasteiger partial charge on any atom is 0.220 e. The molecule has 5 heteroatoms. The van der Waals surface area contributed by atoms with Gasteiger partial charge in [-0.15, -0.1) is 0 Å². The Bertz CT molecular complexity index is 702. The smallest absolute Gasteiger partial charge is 0.220 e. The summed E-state index contributed by atoms with van der Waals surface area (Å²) < 4.78 is 6.01. The van der Waals surface area contributed by atoms with Gasteiger partial charge in [0, 0.05) is 51.1 Å². The van der Waals surface area contributed by atoms with Crippen LogP contribution in [0.1, 0.15) is 44.2 Å². The van der Waals surface area contributed by atoms with E-state index in [1.54, 1.807) is 0 Å². The van der Waals surface area contributed by atoms with Gasteiger partial charge >= 0.3 is 0 Å². The molecule has 1 atom stereocenters. The number of fused-ring (bicyclic) bond motifs is 1. The number of nitrogens with zero attached hydrogens (tertiary/aromatic N) is 2. The average Bonchev–Trinajstić information content (AvgIpc) is 2.77. The second-order valence-electron chi connectivity index (χ2n) is 8.94. The van der Waals surface area contributed by atoms with Crippen molar-refractivity contribution >= 4 is 5.91 Å². The van der Waals surface area contributed by atoms with E-state index in [1.807, 2.05) is 0 Å². The highest BCUT2D eigenvalue weighted by Crippen LogP contribution is 2.36. The van der Waals surface area contributed by atoms with E-state index >= 15 is 0 Å². The number of carbonyl (C=O) groups excluding carboxylic acids is 1. The summed E-state index contributed by atoms with van der Waals surface area (Å²) in [4.78, 5) is 16.9. The first-order valence-electron chi connectivity index (χ1n) is 9.86. The molecule has 1 aromatic rings. The molecule has 3 heterocycles. The summed E-state index contributed by atoms with van der Waals surface area (Å²) in [5, 5.41) is 3.04. The molecule has 2 saturated heterocycles. The largest absolute Gasteiger partial charge is 0.487 e. The normalized spacial score (nSPS) is 29.1. The molecule has 142 valence electrons. The molecule has 26 heavy (non-hydrogen) atoms. The zero-order valence-electron chi connectivity index (χ0n) is 16.3. The SMILES string of the molecule is CN1CCN(Cc2ccc3c(c2)CC(C)(C)O3)CC12CCNC(=O)CC2. The first kappa shape index (κ1) is 17.8. The maximum absolute atomic E-state index is 11.8. The molecular formula is C21H31N3O2. The van der Waals surface area contributed by atoms with Gasteiger partial charge in [-0.05, 0) is 50.9 Å². The number of benzene rings is 1. The van der Waals surface area contributed by atoms with Crippen LogP contribution in [0.25, 0.3) is 0 Å². The standard InChI is InChI=1S/C21H31N3O2/c1-20(2)13-17-12-16(4-5-18(17)26-20)14-24-11-10-23(3)21(15-24)7-6-19(25)22-9-8-21/h4-5,12H,6-11,13-15H2,1-3H3,(H,22,25). The number of nitrogens with one attached hydrogen (secondary N) is 1. The van der Waals surface area contributed by atoms with Crippen molar-refractivity contribution < 1.29 is 9.53 Å². The summed E-state index contributed by atoms with van der Waals surface area (Å²) in [5.41, 5.74) is 2.74. The van der Waals surface area contributed by atoms with Crippen LogP contribution in [0.3, 0.4) is 0 Å². The van der Waals surface area contributed by atoms with E-state index in [2.05, 4.69) is 54.2 Å². The topological polar surface area (TPSA) is 44.8 Å². The molecule has 0 aromatic heterocycles. The van der Waals surface area contributed by atoms with Crippen molar-refractivity contribution in [2.75, 3.05) is 33.2 Å². The van der Waals surface area contributed by atoms with Crippen LogP contribution in [0.2, 0.25) is 0 Å². The summed E-state index contributed by atoms with van der Waals surface area (Å²) in [6, 6.07) is 6.68. The third-order valence-corrected chi connectivity index (χ3v) is 6.34. The zero-order chi connectivity index (χ0) is 18.4. The number of amides is 1. The molecule has 3 aliphatic rings. The maximum atomic E-state index is 11.8. The van der Waals surface area contributed by atoms with E-state index in [0.29, 0.717) is 6.42 Å². The highest BCUT2D eigenvalue weighted by molar-refractivity contribution is 5.76. The monoisotopic (exact) mass is 357 g/mol. The molecule has 0 aliphatic carbocycles. The lowest BCUT2D eigenvalue weighted by molar-refractivity contribution is -0.121. The quantitative estimate of drug-likeness (QED) is 0.881. The number of piperazine rings is 1. The Morgan fingerprint density at radius 3 is 2.92 bits per heavy atom. The molecule has 5 nitrogen and oxygen atoms in total. The van der Waals surface area contributed by atoms with Crippen LogP contribution >= 0.6 is 0 Å². The van der Waals surface area contributed by atoms with Gasteiger partial charge in [-0.1, -0.05) is 12.1 Å². The average molecular weight is 357 g/mol. The van der Waals surface area contributed by atoms with E-state index in [-0.39, 0.29) is 17.0 Å². The predicted molar refractivity (Wildman–Crippen MR) is 102 cm³/mol. The molecule has 1 aromatic carbocycles. The fraction of sp³-hybridized carbons (Fsp3) is 0.667. The minimum atomic E-state index is -0.0846. The second kappa shape index (κ2) is 6.54. The number of hydrogen-bond donors (Lipinski definition) is 1. The minimum absolute atomic E-state index is 0.0846. The summed E-state index contributed by atoms with van der Waals surface area (Å²) in [6.07, 6.45) is 3.62. The number of hydrogen-bond acceptors (Lipinski definition) is 4. The first-order chi connectivity index (χ1) is 12.4. The van der Waals surface area contributed by atoms with Gasteiger partial charge in [0.2, 0.25) is 5.91 Å². The Hall–Kier alpha value is -1.59. The van der Waals surface area contributed by atoms with Gasteiger partial charge in [-0.25, -0.2) is 0 Å². The lowest BCUT2D eigenvalue weighted by Crippen LogP contribution is -2.60. The van der Waals surface area contributed by atoms with Crippen LogP contribution in [0.15, 0.2) is 18.2 Å². The summed E-state index contributed by atoms with van der Waals surface area (Å²) in [5.74, 6) is 1.25. The third kappa shape index (κ3) is 3.47. The van der Waals surface area contributed by atoms with Crippen molar-refractivity contribution in [1.29, 1.82) is 0 Å². The number of carbonyl (C=O) groups is 1. The third-order valence-electron chi connectivity index (χ3n) is 6.34. The van der Waals surface area contributed by atoms with E-state index in [4.69, 9.17) is 4.74 Å². The lowest BCUT2D eigenvalue weighted by atomic mass is 9.86. The highest BCUT2D eigenvalue weighted by Gasteiger charge is 2.40. The number of ether oxygens (including phenoxy) is 1. The van der Waals surface area contributed by atoms with Crippen LogP contribution in [0.4, 0.5) is 0 Å². The lowest BCUT2D eigenvalue weighted by Gasteiger charge is -2.49. The van der Waals surface area contributed by atoms with E-state index in [9.17, 15) is 4.79 Å². The zero-order valence-corrected chi connectivity index (χ0v) is 16.3. The summed E-state index contributed by atoms with van der Waals surface area (Å²) in [7, 11) is 2.22. The summed E-state index contributed by atoms with van der Waals surface area (Å²) >= 11 is 0. The van der Waals surface area contributed by atoms with Gasteiger partial charge < -0.3 is 10.1 Å². The number of likely N-dealkylation sites (N-methyl/N-ethyl adjacent to an activating group) is 1. The van der Waals surface area contributed by atoms with Crippen LogP contribution in [0, 0.1) is 0 Å². The Morgan fingerprint density at radius 2 is 2.08 bits per heavy atom. The van der Waals surface area contributed by atoms with Crippen LogP contribution < -0.4 is 10.1 Å². The van der Waals surface area contributed by atoms with Crippen molar-refractivity contribution in [2.45, 2.75) is 57.2 Å². The van der Waals surface area contributed by atoms with Gasteiger partial charge in [0.05, 0.1) is 0 Å². The predicted octanol–water partition coefficient (Wildman–Crippen LogP) is 2.19. The van der Waals surface area contributed by atoms with Gasteiger partial charge in [-0.3, -0.25) is 14.6 Å². The van der Waals surface area contributed by atoms with Crippen molar-refractivity contribution in [1.82, 2.24) is 15.1 Å². The molecule has 1 unspecified atom stereocenters. The molecule has 0 radical (unpaired) electrons. The molecule has 2 fully saturated rings. The Kier molecular flexibility index (Phi) is 4.48. The van der Waals surface area contributed by atoms with Gasteiger partial charge in [0.1, 0.15) is 11.4 Å². The molecule has 4 rings (SSSR count). The van der Waals surface area contributed by atoms with Crippen LogP contribution in [-0.2, 0) is 17.8 Å². The van der Waals surface area contributed by atoms with Crippen molar-refractivity contribution in [3.05, 3.63) is 29.3 Å². The molecule has 1 spiro atoms. The molecule has 1 N–H and O–H groups in total. The van der Waals surface area contributed by atoms with E-state index in [0.717, 1.165) is 57.7 Å². The van der Waals surface area contributed by atoms with Crippen molar-refractivity contribution in [2.24, 2.45) is 0 Å². The number of rotatable bonds is 2. The Morgan fingerprint density at radius 1 is 1.23 bits per heavy atom. The van der Waals surface area contributed by atoms with E-state index in [1.165, 1.54) is 11.1 Å². The van der Waals surface area contributed by atoms with Gasteiger partial charge in [0.25, 0.3) is 0 Å². The fourth-order valence-corrected chi connectivity index (χ4v) is 4.83. The first-order valence-corrected chi connectivity index (χ1v) is 9.86. The Labute approximate surface area is 156 Å². The molecule has 0 bridgehead atoms. The van der Waals surface area contributed by atoms with Crippen LogP contribution in [-0.4, -0.2) is 60.1 Å². The molecular weight excluding hydrogens is 326 g/mol. The van der Waals surface area contributed by atoms with Gasteiger partial charge in [0.15, 0.2) is 0 Å². The Balaban J connectivity index is 1.47. The summed E-state index contributed by atoms with van der Waals surface area (Å²) in [6.45, 7) is 9.26.